The van der Waals surface area contributed by atoms with E-state index in [9.17, 15) is 0 Å². The molecule has 2 heterocycles. The SMILES string of the molecule is c1cc(Oc2cccc(-c3nccc4ccccc34)c2)cc(-c2nc3ccccc3[se]2)c1. The van der Waals surface area contributed by atoms with Crippen LogP contribution in [0.4, 0.5) is 0 Å². The third-order valence-electron chi connectivity index (χ3n) is 5.39. The van der Waals surface area contributed by atoms with Gasteiger partial charge in [0.05, 0.1) is 0 Å². The molecular weight excluding hydrogens is 459 g/mol. The average Bonchev–Trinajstić information content (AvgIpc) is 3.29. The Kier molecular flexibility index (Phi) is 4.80. The van der Waals surface area contributed by atoms with Gasteiger partial charge < -0.3 is 0 Å². The van der Waals surface area contributed by atoms with Crippen LogP contribution in [0, 0.1) is 0 Å². The van der Waals surface area contributed by atoms with Crippen molar-refractivity contribution in [2.45, 2.75) is 0 Å². The molecule has 152 valence electrons. The summed E-state index contributed by atoms with van der Waals surface area (Å²) in [5, 5.41) is 2.31. The van der Waals surface area contributed by atoms with E-state index in [1.165, 1.54) is 9.65 Å². The molecule has 0 saturated carbocycles. The fourth-order valence-corrected chi connectivity index (χ4v) is 5.90. The van der Waals surface area contributed by atoms with Gasteiger partial charge in [-0.2, -0.15) is 0 Å². The monoisotopic (exact) mass is 478 g/mol. The first-order valence-corrected chi connectivity index (χ1v) is 12.1. The van der Waals surface area contributed by atoms with Gasteiger partial charge in [-0.05, 0) is 0 Å². The molecule has 0 saturated heterocycles. The molecule has 0 fully saturated rings. The number of benzene rings is 4. The summed E-state index contributed by atoms with van der Waals surface area (Å²) in [6.45, 7) is 0. The fourth-order valence-electron chi connectivity index (χ4n) is 3.88. The molecule has 0 unspecified atom stereocenters. The molecule has 0 spiro atoms. The summed E-state index contributed by atoms with van der Waals surface area (Å²) < 4.78 is 8.72. The molecule has 0 radical (unpaired) electrons. The van der Waals surface area contributed by atoms with Crippen LogP contribution in [-0.2, 0) is 0 Å². The standard InChI is InChI=1S/C28H18N2OSe/c1-2-12-24-19(7-1)15-16-29-27(24)20-8-5-10-22(17-20)31-23-11-6-9-21(18-23)28-30-25-13-3-4-14-26(25)32-28/h1-18H. The van der Waals surface area contributed by atoms with E-state index in [4.69, 9.17) is 9.72 Å². The second-order valence-corrected chi connectivity index (χ2v) is 9.69. The van der Waals surface area contributed by atoms with Crippen molar-refractivity contribution in [2.24, 2.45) is 0 Å². The Bertz CT molecular complexity index is 1530. The van der Waals surface area contributed by atoms with E-state index in [0.717, 1.165) is 43.8 Å². The second kappa shape index (κ2) is 8.08. The summed E-state index contributed by atoms with van der Waals surface area (Å²) >= 11 is 0.217. The van der Waals surface area contributed by atoms with Gasteiger partial charge in [-0.3, -0.25) is 0 Å². The van der Waals surface area contributed by atoms with E-state index in [2.05, 4.69) is 53.5 Å². The summed E-state index contributed by atoms with van der Waals surface area (Å²) in [4.78, 5) is 9.48. The molecule has 0 aliphatic rings. The fraction of sp³-hybridized carbons (Fsp3) is 0. The molecule has 2 aromatic heterocycles. The molecule has 4 heteroatoms. The number of para-hydroxylation sites is 1. The first-order chi connectivity index (χ1) is 15.8. The van der Waals surface area contributed by atoms with E-state index in [-0.39, 0.29) is 14.5 Å². The van der Waals surface area contributed by atoms with Gasteiger partial charge in [0, 0.05) is 0 Å². The van der Waals surface area contributed by atoms with E-state index in [1.807, 2.05) is 60.8 Å². The van der Waals surface area contributed by atoms with Crippen molar-refractivity contribution in [2.75, 3.05) is 0 Å². The number of ether oxygens (including phenoxy) is 1. The predicted octanol–water partition coefficient (Wildman–Crippen LogP) is 6.97. The molecule has 0 aliphatic carbocycles. The van der Waals surface area contributed by atoms with Gasteiger partial charge in [0.15, 0.2) is 0 Å². The number of fused-ring (bicyclic) bond motifs is 2. The third kappa shape index (κ3) is 3.60. The number of nitrogens with zero attached hydrogens (tertiary/aromatic N) is 2. The Morgan fingerprint density at radius 3 is 2.28 bits per heavy atom. The summed E-state index contributed by atoms with van der Waals surface area (Å²) in [6, 6.07) is 35.0. The predicted molar refractivity (Wildman–Crippen MR) is 131 cm³/mol. The Balaban J connectivity index is 1.33. The van der Waals surface area contributed by atoms with Crippen LogP contribution in [0.1, 0.15) is 0 Å². The van der Waals surface area contributed by atoms with Crippen molar-refractivity contribution in [3.63, 3.8) is 0 Å². The van der Waals surface area contributed by atoms with Gasteiger partial charge in [0.2, 0.25) is 0 Å². The molecule has 0 bridgehead atoms. The average molecular weight is 477 g/mol. The molecule has 0 atom stereocenters. The summed E-state index contributed by atoms with van der Waals surface area (Å²) in [5.74, 6) is 1.59. The number of hydrogen-bond acceptors (Lipinski definition) is 3. The molecule has 0 amide bonds. The molecule has 32 heavy (non-hydrogen) atoms. The zero-order chi connectivity index (χ0) is 21.3. The first-order valence-electron chi connectivity index (χ1n) is 10.4. The van der Waals surface area contributed by atoms with Crippen LogP contribution in [0.2, 0.25) is 0 Å². The zero-order valence-corrected chi connectivity index (χ0v) is 18.8. The van der Waals surface area contributed by atoms with Crippen molar-refractivity contribution < 1.29 is 4.74 Å². The Morgan fingerprint density at radius 1 is 0.656 bits per heavy atom. The van der Waals surface area contributed by atoms with Crippen LogP contribution in [0.5, 0.6) is 11.5 Å². The summed E-state index contributed by atoms with van der Waals surface area (Å²) in [6.07, 6.45) is 1.86. The van der Waals surface area contributed by atoms with Crippen LogP contribution in [0.25, 0.3) is 41.9 Å². The second-order valence-electron chi connectivity index (χ2n) is 7.53. The number of rotatable bonds is 4. The topological polar surface area (TPSA) is 35.0 Å². The molecule has 0 N–H and O–H groups in total. The maximum absolute atomic E-state index is 6.25. The van der Waals surface area contributed by atoms with Gasteiger partial charge in [-0.15, -0.1) is 0 Å². The van der Waals surface area contributed by atoms with Crippen molar-refractivity contribution in [1.82, 2.24) is 9.97 Å². The van der Waals surface area contributed by atoms with Crippen LogP contribution >= 0.6 is 0 Å². The van der Waals surface area contributed by atoms with Crippen LogP contribution in [-0.4, -0.2) is 24.5 Å². The molecule has 0 aliphatic heterocycles. The Hall–Kier alpha value is -3.72. The molecule has 6 aromatic rings. The van der Waals surface area contributed by atoms with Crippen molar-refractivity contribution in [3.8, 4) is 32.9 Å². The number of pyridine rings is 1. The van der Waals surface area contributed by atoms with E-state index in [1.54, 1.807) is 0 Å². The third-order valence-corrected chi connectivity index (χ3v) is 7.67. The summed E-state index contributed by atoms with van der Waals surface area (Å²) in [5.41, 5.74) is 4.20. The Labute approximate surface area is 191 Å². The van der Waals surface area contributed by atoms with Gasteiger partial charge in [-0.1, -0.05) is 6.07 Å². The zero-order valence-electron chi connectivity index (χ0n) is 17.1. The quantitative estimate of drug-likeness (QED) is 0.257. The minimum absolute atomic E-state index is 0.217. The van der Waals surface area contributed by atoms with Crippen LogP contribution in [0.3, 0.4) is 0 Å². The van der Waals surface area contributed by atoms with Crippen LogP contribution < -0.4 is 4.74 Å². The molecule has 4 aromatic carbocycles. The number of hydrogen-bond donors (Lipinski definition) is 0. The Morgan fingerprint density at radius 2 is 1.41 bits per heavy atom. The summed E-state index contributed by atoms with van der Waals surface area (Å²) in [7, 11) is 0. The molecule has 6 rings (SSSR count). The van der Waals surface area contributed by atoms with Crippen LogP contribution in [0.15, 0.2) is 109 Å². The maximum atomic E-state index is 6.25. The number of aromatic nitrogens is 2. The van der Waals surface area contributed by atoms with Gasteiger partial charge in [0.25, 0.3) is 0 Å². The van der Waals surface area contributed by atoms with Crippen molar-refractivity contribution >= 4 is 35.1 Å². The first kappa shape index (κ1) is 19.0. The minimum atomic E-state index is 0.217. The van der Waals surface area contributed by atoms with Gasteiger partial charge in [-0.25, -0.2) is 0 Å². The van der Waals surface area contributed by atoms with Crippen molar-refractivity contribution in [1.29, 1.82) is 0 Å². The van der Waals surface area contributed by atoms with E-state index < -0.39 is 0 Å². The van der Waals surface area contributed by atoms with E-state index in [0.29, 0.717) is 0 Å². The van der Waals surface area contributed by atoms with Crippen molar-refractivity contribution in [3.05, 3.63) is 109 Å². The molecular formula is C28H18N2OSe. The van der Waals surface area contributed by atoms with Gasteiger partial charge in [0.1, 0.15) is 0 Å². The van der Waals surface area contributed by atoms with Gasteiger partial charge >= 0.3 is 186 Å². The normalized spacial score (nSPS) is 11.1. The van der Waals surface area contributed by atoms with E-state index >= 15 is 0 Å². The molecule has 3 nitrogen and oxygen atoms in total.